The van der Waals surface area contributed by atoms with Gasteiger partial charge < -0.3 is 0 Å². The molecule has 0 N–H and O–H groups in total. The molecule has 0 unspecified atom stereocenters. The van der Waals surface area contributed by atoms with Crippen LogP contribution in [0.25, 0.3) is 38.8 Å². The molecule has 1 fully saturated rings. The second-order valence-corrected chi connectivity index (χ2v) is 11.7. The highest BCUT2D eigenvalue weighted by molar-refractivity contribution is 6.07. The Labute approximate surface area is 217 Å². The molecule has 3 heterocycles. The van der Waals surface area contributed by atoms with Gasteiger partial charge in [0.1, 0.15) is 22.5 Å². The van der Waals surface area contributed by atoms with E-state index in [1.807, 2.05) is 12.3 Å². The van der Waals surface area contributed by atoms with Crippen LogP contribution in [0.1, 0.15) is 52.7 Å². The highest BCUT2D eigenvalue weighted by atomic mass is 17.0. The lowest BCUT2D eigenvalue weighted by Gasteiger charge is -2.26. The summed E-state index contributed by atoms with van der Waals surface area (Å²) in [5, 5.41) is 4.01. The first-order valence-electron chi connectivity index (χ1n) is 12.9. The number of pyridine rings is 1. The van der Waals surface area contributed by atoms with Gasteiger partial charge in [-0.1, -0.05) is 50.2 Å². The van der Waals surface area contributed by atoms with Gasteiger partial charge in [-0.05, 0) is 80.8 Å². The van der Waals surface area contributed by atoms with Crippen LogP contribution >= 0.6 is 0 Å². The fourth-order valence-electron chi connectivity index (χ4n) is 5.86. The summed E-state index contributed by atoms with van der Waals surface area (Å²) < 4.78 is 2.28. The maximum Gasteiger partial charge on any atom is 0.145 e. The minimum Gasteiger partial charge on any atom is -0.294 e. The zero-order chi connectivity index (χ0) is 25.7. The third-order valence-corrected chi connectivity index (χ3v) is 8.62. The molecule has 0 amide bonds. The van der Waals surface area contributed by atoms with E-state index in [1.54, 1.807) is 5.23 Å². The van der Waals surface area contributed by atoms with Crippen LogP contribution in [-0.4, -0.2) is 20.8 Å². The predicted octanol–water partition coefficient (Wildman–Crippen LogP) is 7.73. The normalized spacial score (nSPS) is 18.9. The summed E-state index contributed by atoms with van der Waals surface area (Å²) in [5.41, 5.74) is 8.02. The summed E-state index contributed by atoms with van der Waals surface area (Å²) in [7, 11) is 0. The molecule has 0 saturated carbocycles. The van der Waals surface area contributed by atoms with Crippen molar-refractivity contribution in [2.24, 2.45) is 0 Å². The van der Waals surface area contributed by atoms with Gasteiger partial charge in [-0.3, -0.25) is 4.57 Å². The van der Waals surface area contributed by atoms with Crippen molar-refractivity contribution >= 4 is 27.6 Å². The van der Waals surface area contributed by atoms with Gasteiger partial charge >= 0.3 is 0 Å². The van der Waals surface area contributed by atoms with Crippen LogP contribution in [0.4, 0.5) is 5.69 Å². The molecule has 7 rings (SSSR count). The maximum absolute atomic E-state index is 6.34. The van der Waals surface area contributed by atoms with Crippen LogP contribution in [0.5, 0.6) is 0 Å². The Balaban J connectivity index is 1.43. The van der Waals surface area contributed by atoms with Gasteiger partial charge in [-0.15, -0.1) is 5.23 Å². The lowest BCUT2D eigenvalue weighted by molar-refractivity contribution is -0.0270. The summed E-state index contributed by atoms with van der Waals surface area (Å²) in [6.45, 7) is 12.9. The van der Waals surface area contributed by atoms with E-state index in [0.29, 0.717) is 0 Å². The first-order valence-corrected chi connectivity index (χ1v) is 12.9. The van der Waals surface area contributed by atoms with E-state index in [-0.39, 0.29) is 5.41 Å². The second-order valence-electron chi connectivity index (χ2n) is 11.7. The number of fused-ring (bicyclic) bond motifs is 6. The number of rotatable bonds is 2. The number of benzene rings is 3. The molecule has 1 saturated heterocycles. The number of aromatic nitrogens is 2. The fourth-order valence-corrected chi connectivity index (χ4v) is 5.86. The Morgan fingerprint density at radius 3 is 2.22 bits per heavy atom. The van der Waals surface area contributed by atoms with Crippen molar-refractivity contribution in [3.8, 4) is 16.8 Å². The highest BCUT2D eigenvalue weighted by Crippen LogP contribution is 2.54. The summed E-state index contributed by atoms with van der Waals surface area (Å²) in [6, 6.07) is 25.9. The second kappa shape index (κ2) is 7.21. The molecule has 3 aromatic carbocycles. The number of hydrogen-bond acceptors (Lipinski definition) is 4. The molecule has 2 aromatic heterocycles. The van der Waals surface area contributed by atoms with E-state index < -0.39 is 11.2 Å². The third kappa shape index (κ3) is 2.95. The van der Waals surface area contributed by atoms with Crippen LogP contribution in [0.15, 0.2) is 79.0 Å². The van der Waals surface area contributed by atoms with Crippen molar-refractivity contribution in [2.75, 3.05) is 5.23 Å². The first-order chi connectivity index (χ1) is 17.6. The van der Waals surface area contributed by atoms with Gasteiger partial charge in [-0.2, -0.15) is 0 Å². The van der Waals surface area contributed by atoms with E-state index in [9.17, 15) is 0 Å². The van der Waals surface area contributed by atoms with Crippen molar-refractivity contribution in [2.45, 2.75) is 58.2 Å². The van der Waals surface area contributed by atoms with Crippen LogP contribution < -0.4 is 5.23 Å². The van der Waals surface area contributed by atoms with Crippen LogP contribution in [0, 0.1) is 0 Å². The highest BCUT2D eigenvalue weighted by Gasteiger charge is 2.51. The smallest absolute Gasteiger partial charge is 0.145 e. The fraction of sp³-hybridized carbons (Fsp3) is 0.281. The van der Waals surface area contributed by atoms with Crippen molar-refractivity contribution < 1.29 is 9.68 Å². The molecular formula is C32H31N3O2. The molecule has 37 heavy (non-hydrogen) atoms. The van der Waals surface area contributed by atoms with Gasteiger partial charge in [-0.25, -0.2) is 14.7 Å². The quantitative estimate of drug-likeness (QED) is 0.254. The maximum atomic E-state index is 6.34. The molecule has 0 spiro atoms. The minimum atomic E-state index is -0.458. The number of hydrogen-bond donors (Lipinski definition) is 0. The van der Waals surface area contributed by atoms with E-state index >= 15 is 0 Å². The number of anilines is 1. The summed E-state index contributed by atoms with van der Waals surface area (Å²) in [4.78, 5) is 17.5. The first kappa shape index (κ1) is 22.5. The summed E-state index contributed by atoms with van der Waals surface area (Å²) in [5.74, 6) is 0. The summed E-state index contributed by atoms with van der Waals surface area (Å²) in [6.07, 6.45) is 1.87. The molecule has 5 aromatic rings. The van der Waals surface area contributed by atoms with Gasteiger partial charge in [0.25, 0.3) is 0 Å². The number of nitrogens with zero attached hydrogens (tertiary/aromatic N) is 3. The summed E-state index contributed by atoms with van der Waals surface area (Å²) >= 11 is 0. The van der Waals surface area contributed by atoms with Gasteiger partial charge in [0, 0.05) is 33.6 Å². The minimum absolute atomic E-state index is 0.187. The SMILES string of the molecule is CC1(C)c2cc(-n3c4ccccc4c4cccnc43)ccc2-c2c(N3OC(C)(C)C(C)(C)O3)cccc21. The van der Waals surface area contributed by atoms with Gasteiger partial charge in [0.05, 0.1) is 5.52 Å². The Hall–Kier alpha value is -3.67. The van der Waals surface area contributed by atoms with Crippen molar-refractivity contribution in [3.05, 3.63) is 90.1 Å². The molecule has 1 aliphatic heterocycles. The van der Waals surface area contributed by atoms with Crippen LogP contribution in [-0.2, 0) is 15.1 Å². The predicted molar refractivity (Wildman–Crippen MR) is 149 cm³/mol. The average molecular weight is 490 g/mol. The molecule has 0 radical (unpaired) electrons. The van der Waals surface area contributed by atoms with E-state index in [2.05, 4.69) is 113 Å². The Morgan fingerprint density at radius 2 is 1.43 bits per heavy atom. The Morgan fingerprint density at radius 1 is 0.703 bits per heavy atom. The molecule has 5 heteroatoms. The van der Waals surface area contributed by atoms with Crippen molar-refractivity contribution in [3.63, 3.8) is 0 Å². The van der Waals surface area contributed by atoms with Crippen LogP contribution in [0.3, 0.4) is 0 Å². The molecule has 5 nitrogen and oxygen atoms in total. The average Bonchev–Trinajstić information content (AvgIpc) is 3.41. The number of para-hydroxylation sites is 1. The Kier molecular flexibility index (Phi) is 4.39. The topological polar surface area (TPSA) is 39.5 Å². The lowest BCUT2D eigenvalue weighted by atomic mass is 9.82. The molecule has 2 aliphatic rings. The largest absolute Gasteiger partial charge is 0.294 e. The van der Waals surface area contributed by atoms with Gasteiger partial charge in [0.2, 0.25) is 0 Å². The van der Waals surface area contributed by atoms with E-state index in [0.717, 1.165) is 27.9 Å². The van der Waals surface area contributed by atoms with Gasteiger partial charge in [0.15, 0.2) is 0 Å². The monoisotopic (exact) mass is 489 g/mol. The third-order valence-electron chi connectivity index (χ3n) is 8.62. The molecule has 0 atom stereocenters. The van der Waals surface area contributed by atoms with Crippen molar-refractivity contribution in [1.82, 2.24) is 9.55 Å². The van der Waals surface area contributed by atoms with Crippen LogP contribution in [0.2, 0.25) is 0 Å². The molecule has 186 valence electrons. The molecule has 1 aliphatic carbocycles. The van der Waals surface area contributed by atoms with Crippen molar-refractivity contribution in [1.29, 1.82) is 0 Å². The Bertz CT molecular complexity index is 1660. The standard InChI is InChI=1S/C32H31N3O2/c1-30(2)24-13-9-15-27(35-36-31(3,4)32(5,6)37-35)28(24)23-17-16-20(19-25(23)30)34-26-14-8-7-11-21(26)22-12-10-18-33-29(22)34/h7-19H,1-6H3. The lowest BCUT2D eigenvalue weighted by Crippen LogP contribution is -2.41. The zero-order valence-electron chi connectivity index (χ0n) is 22.2. The van der Waals surface area contributed by atoms with E-state index in [4.69, 9.17) is 14.7 Å². The zero-order valence-corrected chi connectivity index (χ0v) is 22.2. The molecular weight excluding hydrogens is 458 g/mol. The van der Waals surface area contributed by atoms with E-state index in [1.165, 1.54) is 27.6 Å². The molecule has 0 bridgehead atoms.